The summed E-state index contributed by atoms with van der Waals surface area (Å²) >= 11 is 0.969. The van der Waals surface area contributed by atoms with Crippen LogP contribution in [0.3, 0.4) is 0 Å². The van der Waals surface area contributed by atoms with Crippen molar-refractivity contribution in [1.29, 1.82) is 2.61 Å². The van der Waals surface area contributed by atoms with Crippen LogP contribution in [0.25, 0.3) is 0 Å². The lowest BCUT2D eigenvalue weighted by Gasteiger charge is -2.12. The Kier molecular flexibility index (Phi) is 4.42. The second-order valence-corrected chi connectivity index (χ2v) is 5.07. The Morgan fingerprint density at radius 2 is 2.57 bits per heavy atom. The Bertz CT molecular complexity index is 249. The Labute approximate surface area is 93.5 Å². The Morgan fingerprint density at radius 3 is 3.21 bits per heavy atom. The molecule has 1 fully saturated rings. The van der Waals surface area contributed by atoms with E-state index in [1.807, 2.05) is 0 Å². The topological polar surface area (TPSA) is 43.4 Å². The van der Waals surface area contributed by atoms with Crippen molar-refractivity contribution in [2.45, 2.75) is 12.8 Å². The molecule has 6 heteroatoms. The van der Waals surface area contributed by atoms with Crippen molar-refractivity contribution >= 4 is 39.4 Å². The fraction of sp³-hybridized carbons (Fsp3) is 0.750. The standard InChI is InChI=1S/C8H13BO3PS/c9-13-14-12-5-8-2-6(3-10)1-7(8)4-11/h3-4,6-9,13H,1-2,5H2/i9T,13D. The predicted molar refractivity (Wildman–Crippen MR) is 60.8 cm³/mol. The molecule has 0 heterocycles. The average molecular weight is 234 g/mol. The van der Waals surface area contributed by atoms with Crippen LogP contribution in [0.5, 0.6) is 0 Å². The maximum absolute atomic E-state index is 10.8. The lowest BCUT2D eigenvalue weighted by Crippen LogP contribution is -2.13. The highest BCUT2D eigenvalue weighted by Gasteiger charge is 2.33. The van der Waals surface area contributed by atoms with Crippen molar-refractivity contribution in [3.8, 4) is 0 Å². The molecular weight excluding hydrogens is 218 g/mol. The molecule has 1 aliphatic rings. The minimum Gasteiger partial charge on any atom is -0.312 e. The second kappa shape index (κ2) is 6.60. The Hall–Kier alpha value is 0.145. The number of aldehydes is 2. The van der Waals surface area contributed by atoms with Crippen molar-refractivity contribution in [3.05, 3.63) is 0 Å². The van der Waals surface area contributed by atoms with Crippen LogP contribution in [-0.4, -0.2) is 29.3 Å². The van der Waals surface area contributed by atoms with Gasteiger partial charge in [-0.25, -0.2) is 0 Å². The van der Waals surface area contributed by atoms with Gasteiger partial charge in [0.25, 0.3) is 0 Å². The fourth-order valence-electron chi connectivity index (χ4n) is 1.82. The van der Waals surface area contributed by atoms with Gasteiger partial charge >= 0.3 is 0 Å². The quantitative estimate of drug-likeness (QED) is 0.286. The molecule has 14 heavy (non-hydrogen) atoms. The SMILES string of the molecule is [2H]P([B][3H])SOCC1CC(C=O)CC1C=O. The molecule has 0 aromatic rings. The van der Waals surface area contributed by atoms with Crippen LogP contribution in [0.2, 0.25) is 0 Å². The van der Waals surface area contributed by atoms with Crippen LogP contribution in [0.15, 0.2) is 0 Å². The summed E-state index contributed by atoms with van der Waals surface area (Å²) in [5.74, 6) is -0.0591. The lowest BCUT2D eigenvalue weighted by atomic mass is 9.99. The first-order valence-electron chi connectivity index (χ1n) is 5.43. The zero-order valence-corrected chi connectivity index (χ0v) is 9.38. The number of carbonyl (C=O) groups is 2. The minimum atomic E-state index is -1.30. The molecule has 0 amide bonds. The van der Waals surface area contributed by atoms with Crippen LogP contribution in [0.4, 0.5) is 0 Å². The summed E-state index contributed by atoms with van der Waals surface area (Å²) in [6.07, 6.45) is 3.10. The predicted octanol–water partition coefficient (Wildman–Crippen LogP) is 1.10. The zero-order valence-electron chi connectivity index (χ0n) is 9.67. The van der Waals surface area contributed by atoms with Gasteiger partial charge in [-0.2, -0.15) is 0 Å². The first-order chi connectivity index (χ1) is 7.71. The highest BCUT2D eigenvalue weighted by Crippen LogP contribution is 2.36. The van der Waals surface area contributed by atoms with Crippen LogP contribution in [0.1, 0.15) is 12.8 Å². The van der Waals surface area contributed by atoms with E-state index in [-0.39, 0.29) is 17.8 Å². The smallest absolute Gasteiger partial charge is 0.137 e. The number of rotatable bonds is 7. The summed E-state index contributed by atoms with van der Waals surface area (Å²) in [5.41, 5.74) is 0. The largest absolute Gasteiger partial charge is 0.312 e. The van der Waals surface area contributed by atoms with Gasteiger partial charge in [0.2, 0.25) is 0 Å². The molecule has 0 N–H and O–H groups in total. The molecule has 1 radical (unpaired) electrons. The van der Waals surface area contributed by atoms with Crippen molar-refractivity contribution in [3.63, 3.8) is 0 Å². The second-order valence-electron chi connectivity index (χ2n) is 3.39. The van der Waals surface area contributed by atoms with Gasteiger partial charge in [-0.1, -0.05) is 7.61 Å². The fourth-order valence-corrected chi connectivity index (χ4v) is 2.48. The van der Waals surface area contributed by atoms with E-state index in [1.54, 1.807) is 0 Å². The molecule has 1 saturated carbocycles. The van der Waals surface area contributed by atoms with Crippen molar-refractivity contribution in [1.82, 2.24) is 0 Å². The van der Waals surface area contributed by atoms with Crippen molar-refractivity contribution in [2.75, 3.05) is 6.61 Å². The van der Waals surface area contributed by atoms with Gasteiger partial charge in [0.05, 0.1) is 7.89 Å². The van der Waals surface area contributed by atoms with E-state index in [0.29, 0.717) is 19.4 Å². The van der Waals surface area contributed by atoms with Gasteiger partial charge in [-0.05, 0) is 20.1 Å². The third-order valence-corrected chi connectivity index (χ3v) is 3.43. The van der Waals surface area contributed by atoms with E-state index in [1.165, 1.54) is 0 Å². The minimum absolute atomic E-state index is 0.0333. The van der Waals surface area contributed by atoms with Gasteiger partial charge in [0, 0.05) is 23.5 Å². The number of hydrogen-bond acceptors (Lipinski definition) is 4. The summed E-state index contributed by atoms with van der Waals surface area (Å²) < 4.78 is 19.4. The molecule has 0 aromatic heterocycles. The van der Waals surface area contributed by atoms with E-state index in [9.17, 15) is 9.59 Å². The van der Waals surface area contributed by atoms with Crippen LogP contribution in [-0.2, 0) is 13.8 Å². The first kappa shape index (κ1) is 9.38. The molecule has 4 atom stereocenters. The maximum atomic E-state index is 10.8. The van der Waals surface area contributed by atoms with Crippen molar-refractivity contribution in [2.24, 2.45) is 17.8 Å². The van der Waals surface area contributed by atoms with E-state index in [4.69, 9.17) is 6.80 Å². The Balaban J connectivity index is 2.29. The average Bonchev–Trinajstić information content (AvgIpc) is 2.71. The van der Waals surface area contributed by atoms with Gasteiger partial charge in [-0.3, -0.25) is 0 Å². The normalized spacial score (nSPS) is 35.6. The molecule has 0 saturated heterocycles. The third kappa shape index (κ3) is 3.37. The summed E-state index contributed by atoms with van der Waals surface area (Å²) in [5, 5.41) is 0. The Morgan fingerprint density at radius 1 is 1.71 bits per heavy atom. The van der Waals surface area contributed by atoms with Crippen LogP contribution >= 0.6 is 19.3 Å². The number of hydrogen-bond donors (Lipinski definition) is 0. The lowest BCUT2D eigenvalue weighted by molar-refractivity contribution is -0.112. The summed E-state index contributed by atoms with van der Waals surface area (Å²) in [4.78, 5) is 21.4. The zero-order chi connectivity index (χ0) is 12.0. The summed E-state index contributed by atoms with van der Waals surface area (Å²) in [6, 6.07) is 0. The van der Waals surface area contributed by atoms with E-state index in [2.05, 4.69) is 0 Å². The highest BCUT2D eigenvalue weighted by molar-refractivity contribution is 8.53. The van der Waals surface area contributed by atoms with Gasteiger partial charge in [-0.15, -0.1) is 0 Å². The van der Waals surface area contributed by atoms with Crippen LogP contribution < -0.4 is 0 Å². The molecule has 0 bridgehead atoms. The molecule has 3 nitrogen and oxygen atoms in total. The van der Waals surface area contributed by atoms with Crippen molar-refractivity contribution < 1.29 is 13.8 Å². The van der Waals surface area contributed by atoms with Gasteiger partial charge < -0.3 is 13.8 Å². The van der Waals surface area contributed by atoms with E-state index < -0.39 is 7.61 Å². The van der Waals surface area contributed by atoms with Crippen LogP contribution in [0, 0.1) is 17.8 Å². The first-order valence-corrected chi connectivity index (χ1v) is 6.72. The molecule has 0 aliphatic heterocycles. The molecule has 1 aliphatic carbocycles. The summed E-state index contributed by atoms with van der Waals surface area (Å²) in [7, 11) is -0.262. The molecule has 4 unspecified atom stereocenters. The molecule has 1 rings (SSSR count). The molecule has 0 spiro atoms. The highest BCUT2D eigenvalue weighted by atomic mass is 32.7. The maximum Gasteiger partial charge on any atom is 0.137 e. The monoisotopic (exact) mass is 234 g/mol. The van der Waals surface area contributed by atoms with Gasteiger partial charge in [0.1, 0.15) is 20.1 Å². The number of carbonyl (C=O) groups excluding carboxylic acids is 2. The molecule has 0 aromatic carbocycles. The van der Waals surface area contributed by atoms with E-state index in [0.717, 1.165) is 31.8 Å². The molecular formula is C8H13BO3PS. The molecule has 77 valence electrons. The van der Waals surface area contributed by atoms with E-state index >= 15 is 0 Å². The van der Waals surface area contributed by atoms with Gasteiger partial charge in [0.15, 0.2) is 0 Å². The third-order valence-electron chi connectivity index (χ3n) is 2.53. The summed E-state index contributed by atoms with van der Waals surface area (Å²) in [6.45, 7) is 0.379.